The molecule has 1 aromatic rings. The summed E-state index contributed by atoms with van der Waals surface area (Å²) in [5, 5.41) is 3.67. The molecule has 1 saturated heterocycles. The second-order valence-electron chi connectivity index (χ2n) is 6.75. The summed E-state index contributed by atoms with van der Waals surface area (Å²) in [4.78, 5) is 2.66. The van der Waals surface area contributed by atoms with E-state index in [2.05, 4.69) is 52.1 Å². The Morgan fingerprint density at radius 3 is 2.86 bits per heavy atom. The van der Waals surface area contributed by atoms with Crippen molar-refractivity contribution in [2.45, 2.75) is 44.8 Å². The van der Waals surface area contributed by atoms with Gasteiger partial charge in [0.1, 0.15) is 5.75 Å². The molecule has 0 amide bonds. The molecule has 0 aromatic heterocycles. The monoisotopic (exact) mass is 352 g/mol. The van der Waals surface area contributed by atoms with E-state index in [1.807, 2.05) is 6.07 Å². The van der Waals surface area contributed by atoms with E-state index < -0.39 is 0 Å². The lowest BCUT2D eigenvalue weighted by molar-refractivity contribution is 0.0306. The second kappa shape index (κ2) is 5.90. The predicted octanol–water partition coefficient (Wildman–Crippen LogP) is 3.42. The molecule has 2 atom stereocenters. The molecule has 1 saturated carbocycles. The summed E-state index contributed by atoms with van der Waals surface area (Å²) in [6.45, 7) is 7.85. The zero-order valence-electron chi connectivity index (χ0n) is 13.2. The van der Waals surface area contributed by atoms with E-state index in [0.29, 0.717) is 6.04 Å². The summed E-state index contributed by atoms with van der Waals surface area (Å²) in [6.07, 6.45) is 2.75. The maximum Gasteiger partial charge on any atom is 0.123 e. The number of methoxy groups -OCH3 is 1. The fourth-order valence-electron chi connectivity index (χ4n) is 3.53. The quantitative estimate of drug-likeness (QED) is 0.898. The van der Waals surface area contributed by atoms with Crippen LogP contribution >= 0.6 is 15.9 Å². The number of hydrogen-bond donors (Lipinski definition) is 1. The van der Waals surface area contributed by atoms with E-state index >= 15 is 0 Å². The lowest BCUT2D eigenvalue weighted by Crippen LogP contribution is -2.63. The van der Waals surface area contributed by atoms with Crippen molar-refractivity contribution < 1.29 is 4.74 Å². The molecule has 1 N–H and O–H groups in total. The van der Waals surface area contributed by atoms with Crippen LogP contribution in [-0.4, -0.2) is 36.7 Å². The molecule has 0 bridgehead atoms. The van der Waals surface area contributed by atoms with E-state index in [1.54, 1.807) is 7.11 Å². The summed E-state index contributed by atoms with van der Waals surface area (Å²) in [6, 6.07) is 6.84. The molecule has 0 spiro atoms. The molecule has 21 heavy (non-hydrogen) atoms. The van der Waals surface area contributed by atoms with Crippen molar-refractivity contribution in [1.29, 1.82) is 0 Å². The third-order valence-electron chi connectivity index (χ3n) is 5.09. The summed E-state index contributed by atoms with van der Waals surface area (Å²) < 4.78 is 6.67. The molecule has 1 aliphatic carbocycles. The van der Waals surface area contributed by atoms with Gasteiger partial charge in [0.05, 0.1) is 7.11 Å². The summed E-state index contributed by atoms with van der Waals surface area (Å²) in [7, 11) is 1.76. The minimum absolute atomic E-state index is 0.278. The van der Waals surface area contributed by atoms with E-state index in [4.69, 9.17) is 4.74 Å². The number of nitrogens with zero attached hydrogens (tertiary/aromatic N) is 1. The van der Waals surface area contributed by atoms with Gasteiger partial charge in [-0.05, 0) is 50.8 Å². The fourth-order valence-corrected chi connectivity index (χ4v) is 3.93. The van der Waals surface area contributed by atoms with Gasteiger partial charge in [-0.25, -0.2) is 0 Å². The molecule has 2 unspecified atom stereocenters. The standard InChI is InChI=1S/C17H25BrN2O/c1-12-9-20(17(2,11-19-12)14-4-5-14)10-13-8-15(18)6-7-16(13)21-3/h6-8,12,14,19H,4-5,9-11H2,1-3H3. The minimum Gasteiger partial charge on any atom is -0.496 e. The Kier molecular flexibility index (Phi) is 4.30. The molecule has 0 radical (unpaired) electrons. The van der Waals surface area contributed by atoms with Gasteiger partial charge in [0.2, 0.25) is 0 Å². The highest BCUT2D eigenvalue weighted by Crippen LogP contribution is 2.44. The van der Waals surface area contributed by atoms with Crippen molar-refractivity contribution in [1.82, 2.24) is 10.2 Å². The fraction of sp³-hybridized carbons (Fsp3) is 0.647. The molecule has 1 aromatic carbocycles. The van der Waals surface area contributed by atoms with E-state index in [-0.39, 0.29) is 5.54 Å². The van der Waals surface area contributed by atoms with Crippen molar-refractivity contribution in [3.8, 4) is 5.75 Å². The normalized spacial score (nSPS) is 30.4. The van der Waals surface area contributed by atoms with E-state index in [1.165, 1.54) is 18.4 Å². The van der Waals surface area contributed by atoms with Gasteiger partial charge in [0.25, 0.3) is 0 Å². The van der Waals surface area contributed by atoms with Crippen molar-refractivity contribution in [2.75, 3.05) is 20.2 Å². The van der Waals surface area contributed by atoms with Crippen LogP contribution in [0, 0.1) is 5.92 Å². The summed E-state index contributed by atoms with van der Waals surface area (Å²) in [5.41, 5.74) is 1.55. The molecule has 3 nitrogen and oxygen atoms in total. The van der Waals surface area contributed by atoms with Gasteiger partial charge < -0.3 is 10.1 Å². The molecule has 1 heterocycles. The van der Waals surface area contributed by atoms with Gasteiger partial charge in [-0.1, -0.05) is 15.9 Å². The van der Waals surface area contributed by atoms with Crippen molar-refractivity contribution in [3.63, 3.8) is 0 Å². The Balaban J connectivity index is 1.85. The number of nitrogens with one attached hydrogen (secondary N) is 1. The average molecular weight is 353 g/mol. The highest BCUT2D eigenvalue weighted by molar-refractivity contribution is 9.10. The van der Waals surface area contributed by atoms with Crippen LogP contribution in [0.15, 0.2) is 22.7 Å². The Hall–Kier alpha value is -0.580. The molecule has 4 heteroatoms. The maximum atomic E-state index is 5.55. The van der Waals surface area contributed by atoms with Crippen LogP contribution in [0.2, 0.25) is 0 Å². The molecular formula is C17H25BrN2O. The average Bonchev–Trinajstić information content (AvgIpc) is 3.28. The molecule has 3 rings (SSSR count). The van der Waals surface area contributed by atoms with Crippen LogP contribution in [0.4, 0.5) is 0 Å². The first-order chi connectivity index (χ1) is 10.0. The van der Waals surface area contributed by atoms with Crippen LogP contribution in [0.1, 0.15) is 32.3 Å². The van der Waals surface area contributed by atoms with Gasteiger partial charge >= 0.3 is 0 Å². The number of rotatable bonds is 4. The van der Waals surface area contributed by atoms with E-state index in [0.717, 1.165) is 35.8 Å². The topological polar surface area (TPSA) is 24.5 Å². The third kappa shape index (κ3) is 3.13. The molecular weight excluding hydrogens is 328 g/mol. The first-order valence-corrected chi connectivity index (χ1v) is 8.63. The molecule has 2 fully saturated rings. The van der Waals surface area contributed by atoms with Crippen LogP contribution in [0.25, 0.3) is 0 Å². The number of benzene rings is 1. The highest BCUT2D eigenvalue weighted by atomic mass is 79.9. The van der Waals surface area contributed by atoms with Gasteiger partial charge in [0.15, 0.2) is 0 Å². The number of ether oxygens (including phenoxy) is 1. The van der Waals surface area contributed by atoms with Crippen LogP contribution in [-0.2, 0) is 6.54 Å². The maximum absolute atomic E-state index is 5.55. The summed E-state index contributed by atoms with van der Waals surface area (Å²) in [5.74, 6) is 1.83. The van der Waals surface area contributed by atoms with E-state index in [9.17, 15) is 0 Å². The van der Waals surface area contributed by atoms with Crippen LogP contribution in [0.3, 0.4) is 0 Å². The Bertz CT molecular complexity index is 518. The SMILES string of the molecule is COc1ccc(Br)cc1CN1CC(C)NCC1(C)C1CC1. The molecule has 1 aliphatic heterocycles. The van der Waals surface area contributed by atoms with Crippen LogP contribution < -0.4 is 10.1 Å². The Labute approximate surface area is 136 Å². The van der Waals surface area contributed by atoms with Gasteiger partial charge in [-0.15, -0.1) is 0 Å². The first kappa shape index (κ1) is 15.3. The number of hydrogen-bond acceptors (Lipinski definition) is 3. The van der Waals surface area contributed by atoms with Gasteiger partial charge in [-0.2, -0.15) is 0 Å². The lowest BCUT2D eigenvalue weighted by Gasteiger charge is -2.48. The zero-order valence-corrected chi connectivity index (χ0v) is 14.7. The third-order valence-corrected chi connectivity index (χ3v) is 5.58. The van der Waals surface area contributed by atoms with Gasteiger partial charge in [-0.3, -0.25) is 4.90 Å². The predicted molar refractivity (Wildman–Crippen MR) is 89.7 cm³/mol. The first-order valence-electron chi connectivity index (χ1n) is 7.84. The van der Waals surface area contributed by atoms with Gasteiger partial charge in [0, 0.05) is 41.3 Å². The Morgan fingerprint density at radius 2 is 2.19 bits per heavy atom. The lowest BCUT2D eigenvalue weighted by atomic mass is 9.89. The van der Waals surface area contributed by atoms with Crippen molar-refractivity contribution in [3.05, 3.63) is 28.2 Å². The highest BCUT2D eigenvalue weighted by Gasteiger charge is 2.47. The minimum atomic E-state index is 0.278. The largest absolute Gasteiger partial charge is 0.496 e. The van der Waals surface area contributed by atoms with Crippen molar-refractivity contribution in [2.24, 2.45) is 5.92 Å². The number of piperazine rings is 1. The molecule has 116 valence electrons. The summed E-state index contributed by atoms with van der Waals surface area (Å²) >= 11 is 3.59. The smallest absolute Gasteiger partial charge is 0.123 e. The zero-order chi connectivity index (χ0) is 15.0. The Morgan fingerprint density at radius 1 is 1.43 bits per heavy atom. The second-order valence-corrected chi connectivity index (χ2v) is 7.67. The molecule has 2 aliphatic rings. The van der Waals surface area contributed by atoms with Crippen LogP contribution in [0.5, 0.6) is 5.75 Å². The number of halogens is 1. The van der Waals surface area contributed by atoms with Crippen molar-refractivity contribution >= 4 is 15.9 Å².